The molecule has 0 unspecified atom stereocenters. The average Bonchev–Trinajstić information content (AvgIpc) is 2.47. The number of hydrogen-bond acceptors (Lipinski definition) is 5. The lowest BCUT2D eigenvalue weighted by molar-refractivity contribution is -0.137. The number of carbonyl (C=O) groups is 1. The third kappa shape index (κ3) is 3.09. The molecule has 1 aromatic rings. The van der Waals surface area contributed by atoms with Crippen molar-refractivity contribution in [2.75, 3.05) is 14.1 Å². The van der Waals surface area contributed by atoms with Gasteiger partial charge in [0.1, 0.15) is 0 Å². The second-order valence-corrected chi connectivity index (χ2v) is 3.20. The monoisotopic (exact) mass is 199 g/mol. The Bertz CT molecular complexity index is 309. The first kappa shape index (κ1) is 10.6. The number of rotatable bonds is 5. The van der Waals surface area contributed by atoms with Crippen LogP contribution in [-0.4, -0.2) is 50.3 Å². The summed E-state index contributed by atoms with van der Waals surface area (Å²) in [6, 6.07) is 0. The lowest BCUT2D eigenvalue weighted by Gasteiger charge is -2.08. The molecule has 1 heterocycles. The lowest BCUT2D eigenvalue weighted by atomic mass is 10.4. The van der Waals surface area contributed by atoms with Gasteiger partial charge in [-0.15, -0.1) is 5.10 Å². The Hall–Kier alpha value is -1.50. The number of hydrogen-bond donors (Lipinski definition) is 1. The number of aromatic nitrogens is 4. The maximum absolute atomic E-state index is 10.3. The maximum atomic E-state index is 10.3. The molecule has 0 aliphatic heterocycles. The van der Waals surface area contributed by atoms with Gasteiger partial charge >= 0.3 is 5.97 Å². The van der Waals surface area contributed by atoms with Gasteiger partial charge in [-0.3, -0.25) is 4.79 Å². The maximum Gasteiger partial charge on any atom is 0.305 e. The molecule has 0 aromatic carbocycles. The Morgan fingerprint density at radius 2 is 2.29 bits per heavy atom. The normalized spacial score (nSPS) is 10.8. The number of carboxylic acid groups (broad SMARTS) is 1. The van der Waals surface area contributed by atoms with Gasteiger partial charge in [0, 0.05) is 0 Å². The Balaban J connectivity index is 2.58. The Labute approximate surface area is 81.3 Å². The molecule has 0 radical (unpaired) electrons. The van der Waals surface area contributed by atoms with E-state index in [0.717, 1.165) is 0 Å². The highest BCUT2D eigenvalue weighted by atomic mass is 16.4. The van der Waals surface area contributed by atoms with Crippen molar-refractivity contribution in [1.82, 2.24) is 25.1 Å². The molecule has 1 aromatic heterocycles. The molecule has 78 valence electrons. The number of tetrazole rings is 1. The van der Waals surface area contributed by atoms with Crippen LogP contribution in [0.2, 0.25) is 0 Å². The van der Waals surface area contributed by atoms with E-state index in [1.54, 1.807) is 0 Å². The molecular weight excluding hydrogens is 186 g/mol. The number of nitrogens with zero attached hydrogens (tertiary/aromatic N) is 5. The first-order valence-corrected chi connectivity index (χ1v) is 4.21. The molecular formula is C7H13N5O2. The van der Waals surface area contributed by atoms with Crippen molar-refractivity contribution in [3.63, 3.8) is 0 Å². The van der Waals surface area contributed by atoms with Crippen LogP contribution in [0.5, 0.6) is 0 Å². The molecule has 7 nitrogen and oxygen atoms in total. The summed E-state index contributed by atoms with van der Waals surface area (Å²) in [6.07, 6.45) is 0.0332. The van der Waals surface area contributed by atoms with Gasteiger partial charge in [-0.05, 0) is 24.5 Å². The Kier molecular flexibility index (Phi) is 3.52. The van der Waals surface area contributed by atoms with Gasteiger partial charge in [-0.1, -0.05) is 0 Å². The summed E-state index contributed by atoms with van der Waals surface area (Å²) < 4.78 is 1.51. The number of aryl methyl sites for hydroxylation is 1. The molecule has 0 aliphatic rings. The second kappa shape index (κ2) is 4.66. The highest BCUT2D eigenvalue weighted by Crippen LogP contribution is 1.97. The summed E-state index contributed by atoms with van der Waals surface area (Å²) in [5.74, 6) is -0.174. The van der Waals surface area contributed by atoms with E-state index in [4.69, 9.17) is 5.11 Å². The van der Waals surface area contributed by atoms with Gasteiger partial charge in [0.05, 0.1) is 19.5 Å². The van der Waals surface area contributed by atoms with Crippen molar-refractivity contribution in [1.29, 1.82) is 0 Å². The zero-order valence-electron chi connectivity index (χ0n) is 8.21. The van der Waals surface area contributed by atoms with E-state index >= 15 is 0 Å². The van der Waals surface area contributed by atoms with Crippen LogP contribution in [0, 0.1) is 0 Å². The second-order valence-electron chi connectivity index (χ2n) is 3.20. The van der Waals surface area contributed by atoms with Crippen LogP contribution >= 0.6 is 0 Å². The van der Waals surface area contributed by atoms with Gasteiger partial charge < -0.3 is 10.0 Å². The summed E-state index contributed by atoms with van der Waals surface area (Å²) in [4.78, 5) is 12.3. The highest BCUT2D eigenvalue weighted by molar-refractivity contribution is 5.66. The van der Waals surface area contributed by atoms with Crippen LogP contribution in [0.1, 0.15) is 12.2 Å². The highest BCUT2D eigenvalue weighted by Gasteiger charge is 2.07. The zero-order chi connectivity index (χ0) is 10.6. The van der Waals surface area contributed by atoms with Crippen LogP contribution in [-0.2, 0) is 17.9 Å². The van der Waals surface area contributed by atoms with Crippen molar-refractivity contribution in [2.24, 2.45) is 0 Å². The van der Waals surface area contributed by atoms with Crippen LogP contribution in [0.3, 0.4) is 0 Å². The average molecular weight is 199 g/mol. The SMILES string of the molecule is CN(C)Cc1nnnn1CCC(=O)O. The summed E-state index contributed by atoms with van der Waals surface area (Å²) in [5.41, 5.74) is 0. The van der Waals surface area contributed by atoms with E-state index < -0.39 is 5.97 Å². The van der Waals surface area contributed by atoms with E-state index in [-0.39, 0.29) is 6.42 Å². The van der Waals surface area contributed by atoms with Gasteiger partial charge in [0.15, 0.2) is 5.82 Å². The zero-order valence-corrected chi connectivity index (χ0v) is 8.21. The quantitative estimate of drug-likeness (QED) is 0.669. The third-order valence-corrected chi connectivity index (χ3v) is 1.60. The fourth-order valence-corrected chi connectivity index (χ4v) is 0.995. The van der Waals surface area contributed by atoms with Gasteiger partial charge in [-0.25, -0.2) is 4.68 Å². The molecule has 1 rings (SSSR count). The smallest absolute Gasteiger partial charge is 0.305 e. The molecule has 14 heavy (non-hydrogen) atoms. The first-order valence-electron chi connectivity index (χ1n) is 4.21. The molecule has 0 saturated carbocycles. The third-order valence-electron chi connectivity index (χ3n) is 1.60. The summed E-state index contributed by atoms with van der Waals surface area (Å²) in [7, 11) is 3.80. The van der Waals surface area contributed by atoms with E-state index in [2.05, 4.69) is 15.5 Å². The number of aliphatic carboxylic acids is 1. The molecule has 0 bridgehead atoms. The predicted octanol–water partition coefficient (Wildman–Crippen LogP) is -0.791. The largest absolute Gasteiger partial charge is 0.481 e. The molecule has 0 fully saturated rings. The molecule has 0 atom stereocenters. The molecule has 0 amide bonds. The molecule has 0 saturated heterocycles. The fourth-order valence-electron chi connectivity index (χ4n) is 0.995. The van der Waals surface area contributed by atoms with Crippen LogP contribution in [0.25, 0.3) is 0 Å². The minimum absolute atomic E-state index is 0.0332. The van der Waals surface area contributed by atoms with Crippen LogP contribution in [0.4, 0.5) is 0 Å². The van der Waals surface area contributed by atoms with Gasteiger partial charge in [-0.2, -0.15) is 0 Å². The van der Waals surface area contributed by atoms with Gasteiger partial charge in [0.2, 0.25) is 0 Å². The van der Waals surface area contributed by atoms with Crippen molar-refractivity contribution in [3.8, 4) is 0 Å². The van der Waals surface area contributed by atoms with Crippen molar-refractivity contribution >= 4 is 5.97 Å². The van der Waals surface area contributed by atoms with E-state index in [1.807, 2.05) is 19.0 Å². The van der Waals surface area contributed by atoms with Crippen molar-refractivity contribution < 1.29 is 9.90 Å². The predicted molar refractivity (Wildman–Crippen MR) is 47.5 cm³/mol. The molecule has 0 spiro atoms. The molecule has 0 aliphatic carbocycles. The van der Waals surface area contributed by atoms with E-state index in [0.29, 0.717) is 18.9 Å². The Morgan fingerprint density at radius 3 is 2.86 bits per heavy atom. The number of carboxylic acids is 1. The van der Waals surface area contributed by atoms with Crippen molar-refractivity contribution in [3.05, 3.63) is 5.82 Å². The molecule has 7 heteroatoms. The van der Waals surface area contributed by atoms with Crippen LogP contribution < -0.4 is 0 Å². The van der Waals surface area contributed by atoms with E-state index in [1.165, 1.54) is 4.68 Å². The minimum atomic E-state index is -0.851. The summed E-state index contributed by atoms with van der Waals surface area (Å²) in [5, 5.41) is 19.5. The fraction of sp³-hybridized carbons (Fsp3) is 0.714. The summed E-state index contributed by atoms with van der Waals surface area (Å²) in [6.45, 7) is 0.915. The summed E-state index contributed by atoms with van der Waals surface area (Å²) >= 11 is 0. The minimum Gasteiger partial charge on any atom is -0.481 e. The molecule has 1 N–H and O–H groups in total. The topological polar surface area (TPSA) is 84.1 Å². The van der Waals surface area contributed by atoms with E-state index in [9.17, 15) is 4.79 Å². The van der Waals surface area contributed by atoms with Crippen molar-refractivity contribution in [2.45, 2.75) is 19.5 Å². The standard InChI is InChI=1S/C7H13N5O2/c1-11(2)5-6-8-9-10-12(6)4-3-7(13)14/h3-5H2,1-2H3,(H,13,14). The lowest BCUT2D eigenvalue weighted by Crippen LogP contribution is -2.17. The van der Waals surface area contributed by atoms with Gasteiger partial charge in [0.25, 0.3) is 0 Å². The Morgan fingerprint density at radius 1 is 1.57 bits per heavy atom. The van der Waals surface area contributed by atoms with Crippen LogP contribution in [0.15, 0.2) is 0 Å². The first-order chi connectivity index (χ1) is 6.59.